The smallest absolute Gasteiger partial charge is 0.267 e. The number of rotatable bonds is 6. The molecule has 1 amide bonds. The van der Waals surface area contributed by atoms with Crippen LogP contribution >= 0.6 is 11.8 Å². The molecule has 3 aromatic carbocycles. The molecule has 0 saturated heterocycles. The monoisotopic (exact) mass is 480 g/mol. The van der Waals surface area contributed by atoms with Gasteiger partial charge in [0, 0.05) is 6.20 Å². The zero-order chi connectivity index (χ0) is 24.4. The lowest BCUT2D eigenvalue weighted by atomic mass is 10.0. The van der Waals surface area contributed by atoms with Gasteiger partial charge >= 0.3 is 0 Å². The topological polar surface area (TPSA) is 76.9 Å². The fraction of sp³-hybridized carbons (Fsp3) is 0.143. The van der Waals surface area contributed by atoms with E-state index in [2.05, 4.69) is 34.6 Å². The molecule has 0 aliphatic rings. The number of benzene rings is 3. The van der Waals surface area contributed by atoms with Gasteiger partial charge in [-0.05, 0) is 66.1 Å². The molecule has 5 aromatic rings. The Morgan fingerprint density at radius 2 is 1.77 bits per heavy atom. The predicted octanol–water partition coefficient (Wildman–Crippen LogP) is 5.21. The number of hydrogen-bond donors (Lipinski definition) is 1. The molecule has 2 aromatic heterocycles. The number of thioether (sulfide) groups is 1. The Kier molecular flexibility index (Phi) is 6.33. The van der Waals surface area contributed by atoms with E-state index in [1.165, 1.54) is 16.3 Å². The van der Waals surface area contributed by atoms with Crippen molar-refractivity contribution in [3.63, 3.8) is 0 Å². The Morgan fingerprint density at radius 3 is 2.60 bits per heavy atom. The maximum atomic E-state index is 13.3. The zero-order valence-corrected chi connectivity index (χ0v) is 20.3. The molecule has 2 heterocycles. The van der Waals surface area contributed by atoms with Crippen LogP contribution < -0.4 is 10.9 Å². The van der Waals surface area contributed by atoms with Gasteiger partial charge in [0.2, 0.25) is 5.91 Å². The zero-order valence-electron chi connectivity index (χ0n) is 19.4. The van der Waals surface area contributed by atoms with Gasteiger partial charge in [-0.2, -0.15) is 0 Å². The van der Waals surface area contributed by atoms with Crippen molar-refractivity contribution in [2.24, 2.45) is 0 Å². The van der Waals surface area contributed by atoms with E-state index in [1.54, 1.807) is 18.3 Å². The molecule has 0 fully saturated rings. The van der Waals surface area contributed by atoms with Crippen molar-refractivity contribution >= 4 is 39.3 Å². The van der Waals surface area contributed by atoms with E-state index in [0.717, 1.165) is 21.9 Å². The normalized spacial score (nSPS) is 12.1. The molecule has 35 heavy (non-hydrogen) atoms. The van der Waals surface area contributed by atoms with Crippen LogP contribution in [0.25, 0.3) is 27.5 Å². The lowest BCUT2D eigenvalue weighted by Crippen LogP contribution is -2.29. The number of nitrogens with one attached hydrogen (secondary N) is 1. The van der Waals surface area contributed by atoms with Crippen LogP contribution in [0.15, 0.2) is 95.0 Å². The van der Waals surface area contributed by atoms with E-state index in [-0.39, 0.29) is 23.3 Å². The Balaban J connectivity index is 1.39. The summed E-state index contributed by atoms with van der Waals surface area (Å²) in [6.07, 6.45) is 1.67. The van der Waals surface area contributed by atoms with E-state index in [9.17, 15) is 9.59 Å². The molecule has 1 N–H and O–H groups in total. The number of carbonyl (C=O) groups excluding carboxylic acids is 1. The van der Waals surface area contributed by atoms with Crippen molar-refractivity contribution in [1.82, 2.24) is 19.9 Å². The van der Waals surface area contributed by atoms with Crippen LogP contribution in [0.1, 0.15) is 24.1 Å². The van der Waals surface area contributed by atoms with Gasteiger partial charge in [-0.3, -0.25) is 9.59 Å². The molecular weight excluding hydrogens is 456 g/mol. The van der Waals surface area contributed by atoms with Crippen LogP contribution in [-0.4, -0.2) is 26.2 Å². The first kappa shape index (κ1) is 22.8. The third-order valence-corrected chi connectivity index (χ3v) is 6.80. The first-order valence-electron chi connectivity index (χ1n) is 11.4. The summed E-state index contributed by atoms with van der Waals surface area (Å²) in [5.41, 5.74) is 2.40. The highest BCUT2D eigenvalue weighted by atomic mass is 32.2. The fourth-order valence-electron chi connectivity index (χ4n) is 4.03. The minimum atomic E-state index is -0.207. The molecular formula is C28H24N4O2S. The van der Waals surface area contributed by atoms with Gasteiger partial charge in [0.1, 0.15) is 5.82 Å². The van der Waals surface area contributed by atoms with Crippen LogP contribution in [0.4, 0.5) is 0 Å². The first-order valence-corrected chi connectivity index (χ1v) is 12.3. The summed E-state index contributed by atoms with van der Waals surface area (Å²) in [4.78, 5) is 35.3. The number of amides is 1. The number of fused-ring (bicyclic) bond motifs is 2. The number of hydrogen-bond acceptors (Lipinski definition) is 5. The van der Waals surface area contributed by atoms with E-state index < -0.39 is 0 Å². The quantitative estimate of drug-likeness (QED) is 0.267. The molecule has 0 aliphatic carbocycles. The van der Waals surface area contributed by atoms with Gasteiger partial charge in [0.15, 0.2) is 5.16 Å². The molecule has 7 heteroatoms. The van der Waals surface area contributed by atoms with Gasteiger partial charge < -0.3 is 5.32 Å². The van der Waals surface area contributed by atoms with Crippen LogP contribution in [0.3, 0.4) is 0 Å². The highest BCUT2D eigenvalue weighted by molar-refractivity contribution is 7.99. The van der Waals surface area contributed by atoms with E-state index in [1.807, 2.05) is 56.3 Å². The number of pyridine rings is 1. The standard InChI is InChI=1S/C28H24N4O2S/c1-18-13-14-29-25(15-18)32-27(34)23-9-5-6-10-24(23)31-28(32)35-17-26(33)30-19(2)21-12-11-20-7-3-4-8-22(20)16-21/h3-16,19H,17H2,1-2H3,(H,30,33). The fourth-order valence-corrected chi connectivity index (χ4v) is 4.84. The summed E-state index contributed by atoms with van der Waals surface area (Å²) in [7, 11) is 0. The molecule has 0 aliphatic heterocycles. The van der Waals surface area contributed by atoms with Crippen molar-refractivity contribution in [3.8, 4) is 5.82 Å². The number of aromatic nitrogens is 3. The molecule has 0 spiro atoms. The highest BCUT2D eigenvalue weighted by Gasteiger charge is 2.17. The molecule has 0 saturated carbocycles. The van der Waals surface area contributed by atoms with Crippen LogP contribution in [0, 0.1) is 6.92 Å². The summed E-state index contributed by atoms with van der Waals surface area (Å²) in [5.74, 6) is 0.469. The third kappa shape index (κ3) is 4.81. The molecule has 0 radical (unpaired) electrons. The highest BCUT2D eigenvalue weighted by Crippen LogP contribution is 2.23. The predicted molar refractivity (Wildman–Crippen MR) is 141 cm³/mol. The molecule has 0 bridgehead atoms. The Bertz CT molecular complexity index is 1610. The number of carbonyl (C=O) groups is 1. The maximum absolute atomic E-state index is 13.3. The number of para-hydroxylation sites is 1. The summed E-state index contributed by atoms with van der Waals surface area (Å²) in [6, 6.07) is 25.1. The minimum absolute atomic E-state index is 0.120. The number of nitrogens with zero attached hydrogens (tertiary/aromatic N) is 3. The lowest BCUT2D eigenvalue weighted by molar-refractivity contribution is -0.119. The SMILES string of the molecule is Cc1ccnc(-n2c(SCC(=O)NC(C)c3ccc4ccccc4c3)nc3ccccc3c2=O)c1. The van der Waals surface area contributed by atoms with Gasteiger partial charge in [-0.15, -0.1) is 0 Å². The van der Waals surface area contributed by atoms with E-state index >= 15 is 0 Å². The average molecular weight is 481 g/mol. The Labute approximate surface area is 207 Å². The van der Waals surface area contributed by atoms with Crippen molar-refractivity contribution in [3.05, 3.63) is 107 Å². The minimum Gasteiger partial charge on any atom is -0.349 e. The Hall–Kier alpha value is -3.97. The van der Waals surface area contributed by atoms with Crippen molar-refractivity contribution in [1.29, 1.82) is 0 Å². The maximum Gasteiger partial charge on any atom is 0.267 e. The summed E-state index contributed by atoms with van der Waals surface area (Å²) < 4.78 is 1.49. The summed E-state index contributed by atoms with van der Waals surface area (Å²) in [5, 5.41) is 6.30. The second kappa shape index (κ2) is 9.72. The largest absolute Gasteiger partial charge is 0.349 e. The van der Waals surface area contributed by atoms with E-state index in [4.69, 9.17) is 4.98 Å². The third-order valence-electron chi connectivity index (χ3n) is 5.86. The van der Waals surface area contributed by atoms with E-state index in [0.29, 0.717) is 21.9 Å². The van der Waals surface area contributed by atoms with Crippen molar-refractivity contribution in [2.75, 3.05) is 5.75 Å². The van der Waals surface area contributed by atoms with Gasteiger partial charge in [-0.1, -0.05) is 60.3 Å². The molecule has 5 rings (SSSR count). The van der Waals surface area contributed by atoms with Crippen LogP contribution in [0.2, 0.25) is 0 Å². The van der Waals surface area contributed by atoms with Crippen LogP contribution in [-0.2, 0) is 4.79 Å². The van der Waals surface area contributed by atoms with Crippen molar-refractivity contribution in [2.45, 2.75) is 25.0 Å². The molecule has 1 unspecified atom stereocenters. The second-order valence-electron chi connectivity index (χ2n) is 8.43. The molecule has 6 nitrogen and oxygen atoms in total. The number of aryl methyl sites for hydroxylation is 1. The van der Waals surface area contributed by atoms with Gasteiger partial charge in [0.05, 0.1) is 22.7 Å². The first-order chi connectivity index (χ1) is 17.0. The summed E-state index contributed by atoms with van der Waals surface area (Å²) in [6.45, 7) is 3.91. The molecule has 174 valence electrons. The summed E-state index contributed by atoms with van der Waals surface area (Å²) >= 11 is 1.22. The molecule has 1 atom stereocenters. The van der Waals surface area contributed by atoms with Crippen LogP contribution in [0.5, 0.6) is 0 Å². The van der Waals surface area contributed by atoms with Crippen molar-refractivity contribution < 1.29 is 4.79 Å². The average Bonchev–Trinajstić information content (AvgIpc) is 2.87. The Morgan fingerprint density at radius 1 is 1.00 bits per heavy atom. The second-order valence-corrected chi connectivity index (χ2v) is 9.37. The van der Waals surface area contributed by atoms with Gasteiger partial charge in [-0.25, -0.2) is 14.5 Å². The lowest BCUT2D eigenvalue weighted by Gasteiger charge is -2.16. The van der Waals surface area contributed by atoms with Gasteiger partial charge in [0.25, 0.3) is 5.56 Å².